The van der Waals surface area contributed by atoms with Gasteiger partial charge in [-0.15, -0.1) is 5.10 Å². The van der Waals surface area contributed by atoms with Crippen LogP contribution in [-0.2, 0) is 13.0 Å². The molecule has 0 unspecified atom stereocenters. The van der Waals surface area contributed by atoms with Gasteiger partial charge >= 0.3 is 0 Å². The number of pyridine rings is 1. The van der Waals surface area contributed by atoms with Crippen molar-refractivity contribution in [3.05, 3.63) is 86.5 Å². The van der Waals surface area contributed by atoms with Crippen molar-refractivity contribution in [1.29, 1.82) is 0 Å². The van der Waals surface area contributed by atoms with Crippen LogP contribution in [0.1, 0.15) is 71.4 Å². The van der Waals surface area contributed by atoms with Crippen molar-refractivity contribution in [3.8, 4) is 0 Å². The summed E-state index contributed by atoms with van der Waals surface area (Å²) in [7, 11) is 0. The highest BCUT2D eigenvalue weighted by atomic mass is 16.1. The maximum absolute atomic E-state index is 13.6. The van der Waals surface area contributed by atoms with Gasteiger partial charge in [0.1, 0.15) is 6.04 Å². The van der Waals surface area contributed by atoms with Crippen molar-refractivity contribution in [2.45, 2.75) is 64.6 Å². The molecule has 4 aromatic rings. The van der Waals surface area contributed by atoms with Gasteiger partial charge in [-0.25, -0.2) is 4.68 Å². The summed E-state index contributed by atoms with van der Waals surface area (Å²) >= 11 is 0. The molecule has 1 saturated carbocycles. The van der Waals surface area contributed by atoms with Gasteiger partial charge in [-0.3, -0.25) is 9.69 Å². The molecule has 0 spiro atoms. The highest BCUT2D eigenvalue weighted by Crippen LogP contribution is 2.36. The number of benzene rings is 2. The van der Waals surface area contributed by atoms with Gasteiger partial charge in [0.25, 0.3) is 5.56 Å². The van der Waals surface area contributed by atoms with Gasteiger partial charge in [0, 0.05) is 18.7 Å². The number of fused-ring (bicyclic) bond motifs is 2. The van der Waals surface area contributed by atoms with Crippen LogP contribution >= 0.6 is 0 Å². The van der Waals surface area contributed by atoms with Crippen LogP contribution in [0.3, 0.4) is 0 Å². The molecule has 1 aliphatic heterocycles. The number of tetrazole rings is 1. The van der Waals surface area contributed by atoms with Crippen molar-refractivity contribution in [2.24, 2.45) is 0 Å². The first-order chi connectivity index (χ1) is 16.6. The van der Waals surface area contributed by atoms with Gasteiger partial charge in [-0.2, -0.15) is 0 Å². The summed E-state index contributed by atoms with van der Waals surface area (Å²) in [5.41, 5.74) is 6.50. The van der Waals surface area contributed by atoms with Gasteiger partial charge in [0.2, 0.25) is 0 Å². The first-order valence-corrected chi connectivity index (χ1v) is 12.3. The Kier molecular flexibility index (Phi) is 5.29. The van der Waals surface area contributed by atoms with E-state index in [1.165, 1.54) is 29.5 Å². The van der Waals surface area contributed by atoms with Crippen molar-refractivity contribution >= 4 is 10.9 Å². The first-order valence-electron chi connectivity index (χ1n) is 12.3. The molecule has 0 saturated heterocycles. The number of rotatable bonds is 4. The molecule has 7 heteroatoms. The summed E-state index contributed by atoms with van der Waals surface area (Å²) < 4.78 is 2.00. The maximum Gasteiger partial charge on any atom is 0.253 e. The van der Waals surface area contributed by atoms with Crippen LogP contribution in [0.2, 0.25) is 0 Å². The molecule has 34 heavy (non-hydrogen) atoms. The molecule has 1 atom stereocenters. The number of hydrogen-bond acceptors (Lipinski definition) is 5. The van der Waals surface area contributed by atoms with Crippen molar-refractivity contribution in [2.75, 3.05) is 6.54 Å². The molecule has 0 radical (unpaired) electrons. The number of aromatic nitrogens is 5. The summed E-state index contributed by atoms with van der Waals surface area (Å²) in [6.07, 6.45) is 5.50. The highest BCUT2D eigenvalue weighted by Gasteiger charge is 2.34. The van der Waals surface area contributed by atoms with E-state index in [0.29, 0.717) is 11.6 Å². The second-order valence-corrected chi connectivity index (χ2v) is 9.91. The molecule has 1 N–H and O–H groups in total. The minimum atomic E-state index is -0.307. The summed E-state index contributed by atoms with van der Waals surface area (Å²) in [4.78, 5) is 19.1. The number of aryl methyl sites for hydroxylation is 2. The lowest BCUT2D eigenvalue weighted by molar-refractivity contribution is 0.190. The van der Waals surface area contributed by atoms with E-state index in [4.69, 9.17) is 0 Å². The Morgan fingerprint density at radius 2 is 1.85 bits per heavy atom. The van der Waals surface area contributed by atoms with Crippen molar-refractivity contribution in [1.82, 2.24) is 30.1 Å². The molecular formula is C27H30N6O. The number of nitrogens with zero attached hydrogens (tertiary/aromatic N) is 5. The zero-order valence-electron chi connectivity index (χ0n) is 19.8. The molecule has 2 aromatic heterocycles. The molecule has 1 aliphatic carbocycles. The number of H-pyrrole nitrogens is 1. The number of aromatic amines is 1. The minimum absolute atomic E-state index is 0.0655. The maximum atomic E-state index is 13.6. The van der Waals surface area contributed by atoms with Crippen LogP contribution in [0.25, 0.3) is 10.9 Å². The van der Waals surface area contributed by atoms with Gasteiger partial charge < -0.3 is 4.98 Å². The van der Waals surface area contributed by atoms with E-state index in [2.05, 4.69) is 74.8 Å². The molecule has 7 nitrogen and oxygen atoms in total. The molecule has 1 fully saturated rings. The van der Waals surface area contributed by atoms with Crippen molar-refractivity contribution < 1.29 is 0 Å². The third-order valence-electron chi connectivity index (χ3n) is 7.58. The van der Waals surface area contributed by atoms with Crippen LogP contribution in [0.15, 0.2) is 47.3 Å². The molecule has 2 aliphatic rings. The van der Waals surface area contributed by atoms with Crippen LogP contribution in [0, 0.1) is 13.8 Å². The van der Waals surface area contributed by atoms with E-state index in [1.807, 2.05) is 11.6 Å². The van der Waals surface area contributed by atoms with E-state index in [0.717, 1.165) is 54.6 Å². The molecule has 0 amide bonds. The summed E-state index contributed by atoms with van der Waals surface area (Å²) in [5, 5.41) is 14.1. The van der Waals surface area contributed by atoms with Gasteiger partial charge in [0.05, 0.1) is 11.6 Å². The molecule has 174 valence electrons. The predicted molar refractivity (Wildman–Crippen MR) is 132 cm³/mol. The lowest BCUT2D eigenvalue weighted by Crippen LogP contribution is -2.39. The molecule has 3 heterocycles. The highest BCUT2D eigenvalue weighted by molar-refractivity contribution is 5.83. The summed E-state index contributed by atoms with van der Waals surface area (Å²) in [6.45, 7) is 5.76. The summed E-state index contributed by atoms with van der Waals surface area (Å²) in [5.74, 6) is 0.778. The standard InChI is InChI=1S/C27H30N6O/c1-17-13-18(2)24-21(14-17)15-23(27(34)28-24)25(26-29-30-31-33(26)22-9-5-6-10-22)32-12-11-19-7-3-4-8-20(19)16-32/h3-4,7-8,13-15,22,25H,5-6,9-12,16H2,1-2H3,(H,28,34)/t25-/m0/s1. The molecule has 6 rings (SSSR count). The Bertz CT molecular complexity index is 1410. The topological polar surface area (TPSA) is 79.7 Å². The van der Waals surface area contributed by atoms with Crippen LogP contribution in [0.5, 0.6) is 0 Å². The minimum Gasteiger partial charge on any atom is -0.321 e. The Morgan fingerprint density at radius 1 is 1.06 bits per heavy atom. The van der Waals surface area contributed by atoms with Crippen LogP contribution < -0.4 is 5.56 Å². The number of hydrogen-bond donors (Lipinski definition) is 1. The fourth-order valence-corrected chi connectivity index (χ4v) is 5.93. The quantitative estimate of drug-likeness (QED) is 0.495. The molecule has 2 aromatic carbocycles. The van der Waals surface area contributed by atoms with E-state index in [-0.39, 0.29) is 11.6 Å². The lowest BCUT2D eigenvalue weighted by Gasteiger charge is -2.35. The first kappa shape index (κ1) is 21.2. The normalized spacial score (nSPS) is 17.8. The Morgan fingerprint density at radius 3 is 2.68 bits per heavy atom. The third-order valence-corrected chi connectivity index (χ3v) is 7.58. The van der Waals surface area contributed by atoms with Crippen molar-refractivity contribution in [3.63, 3.8) is 0 Å². The van der Waals surface area contributed by atoms with Gasteiger partial charge in [0.15, 0.2) is 5.82 Å². The summed E-state index contributed by atoms with van der Waals surface area (Å²) in [6, 6.07) is 14.9. The van der Waals surface area contributed by atoms with E-state index >= 15 is 0 Å². The van der Waals surface area contributed by atoms with E-state index < -0.39 is 0 Å². The van der Waals surface area contributed by atoms with Crippen LogP contribution in [-0.4, -0.2) is 36.6 Å². The Labute approximate surface area is 198 Å². The largest absolute Gasteiger partial charge is 0.321 e. The monoisotopic (exact) mass is 454 g/mol. The fourth-order valence-electron chi connectivity index (χ4n) is 5.93. The zero-order chi connectivity index (χ0) is 23.2. The van der Waals surface area contributed by atoms with Crippen LogP contribution in [0.4, 0.5) is 0 Å². The zero-order valence-corrected chi connectivity index (χ0v) is 19.8. The fraction of sp³-hybridized carbons (Fsp3) is 0.407. The van der Waals surface area contributed by atoms with E-state index in [1.54, 1.807) is 0 Å². The SMILES string of the molecule is Cc1cc(C)c2[nH]c(=O)c([C@@H](c3nnnn3C3CCCC3)N3CCc4ccccc4C3)cc2c1. The predicted octanol–water partition coefficient (Wildman–Crippen LogP) is 4.39. The van der Waals surface area contributed by atoms with E-state index in [9.17, 15) is 4.79 Å². The molecular weight excluding hydrogens is 424 g/mol. The number of nitrogens with one attached hydrogen (secondary N) is 1. The average Bonchev–Trinajstić information content (AvgIpc) is 3.52. The lowest BCUT2D eigenvalue weighted by atomic mass is 9.95. The second kappa shape index (κ2) is 8.47. The smallest absolute Gasteiger partial charge is 0.253 e. The van der Waals surface area contributed by atoms with Gasteiger partial charge in [-0.05, 0) is 77.7 Å². The third kappa shape index (κ3) is 3.64. The average molecular weight is 455 g/mol. The molecule has 0 bridgehead atoms. The Balaban J connectivity index is 1.52. The second-order valence-electron chi connectivity index (χ2n) is 9.91. The Hall–Kier alpha value is -3.32. The van der Waals surface area contributed by atoms with Gasteiger partial charge in [-0.1, -0.05) is 48.7 Å².